The number of nitrogens with zero attached hydrogens (tertiary/aromatic N) is 4. The van der Waals surface area contributed by atoms with Crippen LogP contribution >= 0.6 is 0 Å². The standard InChI is InChI=1S/C16H9N4/c1-2-6-14-12(4-1)10-19-20-15(14)13-8-11-5-3-7-17-16(11)18-9-13/h1-8,10H. The van der Waals surface area contributed by atoms with Crippen LogP contribution in [0.5, 0.6) is 0 Å². The Balaban J connectivity index is 2.01. The molecular formula is C16H9N4. The van der Waals surface area contributed by atoms with Crippen LogP contribution in [0, 0.1) is 6.20 Å². The zero-order chi connectivity index (χ0) is 13.4. The molecule has 0 saturated carbocycles. The summed E-state index contributed by atoms with van der Waals surface area (Å²) in [6.07, 6.45) is 6.49. The first kappa shape index (κ1) is 11.0. The molecule has 4 aromatic rings. The van der Waals surface area contributed by atoms with Gasteiger partial charge in [-0.2, -0.15) is 5.10 Å². The van der Waals surface area contributed by atoms with E-state index in [0.717, 1.165) is 27.4 Å². The molecular weight excluding hydrogens is 248 g/mol. The van der Waals surface area contributed by atoms with E-state index in [1.54, 1.807) is 12.4 Å². The van der Waals surface area contributed by atoms with Gasteiger partial charge in [-0.3, -0.25) is 0 Å². The van der Waals surface area contributed by atoms with Gasteiger partial charge in [-0.05, 0) is 18.2 Å². The molecule has 0 aliphatic carbocycles. The Kier molecular flexibility index (Phi) is 2.39. The third kappa shape index (κ3) is 1.70. The maximum Gasteiger partial charge on any atom is 0.159 e. The molecule has 3 heterocycles. The maximum absolute atomic E-state index is 4.26. The average Bonchev–Trinajstić information content (AvgIpc) is 2.54. The maximum atomic E-state index is 4.26. The Hall–Kier alpha value is -2.88. The van der Waals surface area contributed by atoms with Gasteiger partial charge in [0.2, 0.25) is 0 Å². The number of fused-ring (bicyclic) bond motifs is 2. The van der Waals surface area contributed by atoms with Crippen LogP contribution < -0.4 is 0 Å². The smallest absolute Gasteiger partial charge is 0.159 e. The molecule has 0 fully saturated rings. The van der Waals surface area contributed by atoms with Gasteiger partial charge in [0, 0.05) is 27.9 Å². The fourth-order valence-corrected chi connectivity index (χ4v) is 2.26. The van der Waals surface area contributed by atoms with Crippen molar-refractivity contribution in [3.63, 3.8) is 0 Å². The zero-order valence-corrected chi connectivity index (χ0v) is 10.5. The Morgan fingerprint density at radius 1 is 0.950 bits per heavy atom. The molecule has 0 aliphatic heterocycles. The molecule has 93 valence electrons. The molecule has 3 aromatic heterocycles. The van der Waals surface area contributed by atoms with E-state index >= 15 is 0 Å². The minimum Gasteiger partial charge on any atom is -0.237 e. The van der Waals surface area contributed by atoms with E-state index in [0.29, 0.717) is 5.65 Å². The summed E-state index contributed by atoms with van der Waals surface area (Å²) in [5, 5.41) is 11.4. The van der Waals surface area contributed by atoms with Gasteiger partial charge in [0.1, 0.15) is 11.9 Å². The van der Waals surface area contributed by atoms with Crippen LogP contribution in [0.1, 0.15) is 0 Å². The van der Waals surface area contributed by atoms with Gasteiger partial charge < -0.3 is 0 Å². The summed E-state index contributed by atoms with van der Waals surface area (Å²) >= 11 is 0. The summed E-state index contributed by atoms with van der Waals surface area (Å²) in [4.78, 5) is 8.46. The topological polar surface area (TPSA) is 51.6 Å². The molecule has 0 unspecified atom stereocenters. The van der Waals surface area contributed by atoms with Crippen LogP contribution in [0.15, 0.2) is 54.9 Å². The van der Waals surface area contributed by atoms with Crippen molar-refractivity contribution in [1.82, 2.24) is 20.2 Å². The van der Waals surface area contributed by atoms with Gasteiger partial charge >= 0.3 is 0 Å². The summed E-state index contributed by atoms with van der Waals surface area (Å²) in [5.74, 6) is 0. The molecule has 4 rings (SSSR count). The Morgan fingerprint density at radius 3 is 2.85 bits per heavy atom. The van der Waals surface area contributed by atoms with Crippen LogP contribution in [-0.4, -0.2) is 20.2 Å². The van der Waals surface area contributed by atoms with Gasteiger partial charge in [0.05, 0.1) is 6.20 Å². The van der Waals surface area contributed by atoms with E-state index in [1.165, 1.54) is 0 Å². The van der Waals surface area contributed by atoms with Crippen molar-refractivity contribution in [3.8, 4) is 11.3 Å². The van der Waals surface area contributed by atoms with Crippen LogP contribution in [0.3, 0.4) is 0 Å². The zero-order valence-electron chi connectivity index (χ0n) is 10.5. The number of pyridine rings is 2. The fraction of sp³-hybridized carbons (Fsp3) is 0. The normalized spacial score (nSPS) is 11.0. The van der Waals surface area contributed by atoms with Crippen molar-refractivity contribution < 1.29 is 0 Å². The molecule has 0 saturated heterocycles. The third-order valence-electron chi connectivity index (χ3n) is 3.22. The van der Waals surface area contributed by atoms with E-state index in [4.69, 9.17) is 0 Å². The number of rotatable bonds is 1. The molecule has 4 nitrogen and oxygen atoms in total. The monoisotopic (exact) mass is 257 g/mol. The van der Waals surface area contributed by atoms with Crippen LogP contribution in [0.2, 0.25) is 0 Å². The summed E-state index contributed by atoms with van der Waals surface area (Å²) in [7, 11) is 0. The van der Waals surface area contributed by atoms with E-state index in [9.17, 15) is 0 Å². The minimum absolute atomic E-state index is 0.685. The Morgan fingerprint density at radius 2 is 1.85 bits per heavy atom. The summed E-state index contributed by atoms with van der Waals surface area (Å²) in [6.45, 7) is 0. The van der Waals surface area contributed by atoms with Crippen LogP contribution in [-0.2, 0) is 0 Å². The lowest BCUT2D eigenvalue weighted by molar-refractivity contribution is 1.05. The molecule has 1 radical (unpaired) electrons. The van der Waals surface area contributed by atoms with Crippen molar-refractivity contribution in [2.45, 2.75) is 0 Å². The number of hydrogen-bond acceptors (Lipinski definition) is 4. The predicted octanol–water partition coefficient (Wildman–Crippen LogP) is 3.04. The van der Waals surface area contributed by atoms with Crippen molar-refractivity contribution >= 4 is 21.8 Å². The molecule has 0 atom stereocenters. The summed E-state index contributed by atoms with van der Waals surface area (Å²) in [5.41, 5.74) is 2.31. The second-order valence-electron chi connectivity index (χ2n) is 4.48. The molecule has 0 bridgehead atoms. The first-order valence-corrected chi connectivity index (χ1v) is 6.26. The lowest BCUT2D eigenvalue weighted by Gasteiger charge is -2.04. The summed E-state index contributed by atoms with van der Waals surface area (Å²) < 4.78 is 0. The molecule has 0 N–H and O–H groups in total. The lowest BCUT2D eigenvalue weighted by atomic mass is 10.1. The highest BCUT2D eigenvalue weighted by Crippen LogP contribution is 2.26. The SMILES string of the molecule is [c]1nc2ncccc2cc1-c1nncc2ccccc12. The van der Waals surface area contributed by atoms with Gasteiger partial charge in [-0.25, -0.2) is 9.97 Å². The van der Waals surface area contributed by atoms with E-state index < -0.39 is 0 Å². The number of aromatic nitrogens is 4. The second-order valence-corrected chi connectivity index (χ2v) is 4.48. The largest absolute Gasteiger partial charge is 0.237 e. The lowest BCUT2D eigenvalue weighted by Crippen LogP contribution is -1.92. The van der Waals surface area contributed by atoms with Crippen molar-refractivity contribution in [1.29, 1.82) is 0 Å². The third-order valence-corrected chi connectivity index (χ3v) is 3.22. The predicted molar refractivity (Wildman–Crippen MR) is 76.9 cm³/mol. The Bertz CT molecular complexity index is 913. The molecule has 1 aromatic carbocycles. The highest BCUT2D eigenvalue weighted by atomic mass is 15.1. The number of benzene rings is 1. The molecule has 20 heavy (non-hydrogen) atoms. The molecule has 0 amide bonds. The first-order valence-electron chi connectivity index (χ1n) is 6.26. The fourth-order valence-electron chi connectivity index (χ4n) is 2.26. The first-order chi connectivity index (χ1) is 9.92. The van der Waals surface area contributed by atoms with Gasteiger partial charge in [-0.1, -0.05) is 24.3 Å². The van der Waals surface area contributed by atoms with Crippen LogP contribution in [0.4, 0.5) is 0 Å². The van der Waals surface area contributed by atoms with E-state index in [2.05, 4.69) is 26.4 Å². The van der Waals surface area contributed by atoms with Crippen molar-refractivity contribution in [2.75, 3.05) is 0 Å². The van der Waals surface area contributed by atoms with Crippen LogP contribution in [0.25, 0.3) is 33.1 Å². The van der Waals surface area contributed by atoms with Gasteiger partial charge in [0.15, 0.2) is 5.65 Å². The van der Waals surface area contributed by atoms with E-state index in [-0.39, 0.29) is 0 Å². The van der Waals surface area contributed by atoms with E-state index in [1.807, 2.05) is 42.5 Å². The van der Waals surface area contributed by atoms with Gasteiger partial charge in [-0.15, -0.1) is 5.10 Å². The quantitative estimate of drug-likeness (QED) is 0.526. The summed E-state index contributed by atoms with van der Waals surface area (Å²) in [6, 6.07) is 13.9. The highest BCUT2D eigenvalue weighted by Gasteiger charge is 2.08. The second kappa shape index (κ2) is 4.35. The van der Waals surface area contributed by atoms with Gasteiger partial charge in [0.25, 0.3) is 0 Å². The number of hydrogen-bond donors (Lipinski definition) is 0. The van der Waals surface area contributed by atoms with Crippen molar-refractivity contribution in [2.24, 2.45) is 0 Å². The van der Waals surface area contributed by atoms with Crippen molar-refractivity contribution in [3.05, 3.63) is 61.1 Å². The molecule has 0 aliphatic rings. The Labute approximate surface area is 115 Å². The average molecular weight is 257 g/mol. The highest BCUT2D eigenvalue weighted by molar-refractivity contribution is 5.95. The molecule has 4 heteroatoms. The molecule has 0 spiro atoms. The minimum atomic E-state index is 0.685.